The molecular formula is C28H33N3O5. The normalized spacial score (nSPS) is 26.7. The van der Waals surface area contributed by atoms with Crippen LogP contribution in [0.15, 0.2) is 36.4 Å². The third-order valence-corrected chi connectivity index (χ3v) is 8.10. The Bertz CT molecular complexity index is 1190. The molecule has 2 atom stereocenters. The number of nitrogens with one attached hydrogen (secondary N) is 2. The zero-order valence-electron chi connectivity index (χ0n) is 20.6. The van der Waals surface area contributed by atoms with Gasteiger partial charge < -0.3 is 30.1 Å². The Morgan fingerprint density at radius 2 is 2.08 bits per heavy atom. The van der Waals surface area contributed by atoms with Gasteiger partial charge in [0.1, 0.15) is 5.75 Å². The number of benzene rings is 2. The van der Waals surface area contributed by atoms with Gasteiger partial charge in [0.15, 0.2) is 0 Å². The maximum Gasteiger partial charge on any atom is 0.255 e. The van der Waals surface area contributed by atoms with Crippen LogP contribution in [0.2, 0.25) is 0 Å². The molecule has 0 radical (unpaired) electrons. The van der Waals surface area contributed by atoms with Crippen molar-refractivity contribution in [3.8, 4) is 5.75 Å². The molecule has 1 aliphatic carbocycles. The predicted molar refractivity (Wildman–Crippen MR) is 133 cm³/mol. The van der Waals surface area contributed by atoms with Gasteiger partial charge in [-0.25, -0.2) is 0 Å². The minimum absolute atomic E-state index is 0.0367. The molecule has 4 heterocycles. The average molecular weight is 492 g/mol. The number of hydrogen-bond acceptors (Lipinski definition) is 6. The van der Waals surface area contributed by atoms with Crippen molar-refractivity contribution in [3.63, 3.8) is 0 Å². The molecule has 2 saturated heterocycles. The molecule has 8 nitrogen and oxygen atoms in total. The number of carbonyl (C=O) groups is 2. The lowest BCUT2D eigenvalue weighted by Crippen LogP contribution is -2.49. The van der Waals surface area contributed by atoms with Gasteiger partial charge in [-0.05, 0) is 60.9 Å². The molecule has 190 valence electrons. The first-order valence-corrected chi connectivity index (χ1v) is 12.9. The van der Waals surface area contributed by atoms with Crippen molar-refractivity contribution in [1.82, 2.24) is 15.5 Å². The number of nitrogens with zero attached hydrogens (tertiary/aromatic N) is 1. The summed E-state index contributed by atoms with van der Waals surface area (Å²) in [7, 11) is 0. The van der Waals surface area contributed by atoms with Crippen molar-refractivity contribution < 1.29 is 24.2 Å². The van der Waals surface area contributed by atoms with E-state index >= 15 is 0 Å². The van der Waals surface area contributed by atoms with Gasteiger partial charge in [-0.3, -0.25) is 9.59 Å². The highest BCUT2D eigenvalue weighted by atomic mass is 16.5. The fourth-order valence-corrected chi connectivity index (χ4v) is 6.21. The van der Waals surface area contributed by atoms with E-state index in [4.69, 9.17) is 9.47 Å². The van der Waals surface area contributed by atoms with Gasteiger partial charge in [0.2, 0.25) is 0 Å². The van der Waals surface area contributed by atoms with Crippen LogP contribution in [0.25, 0.3) is 0 Å². The molecule has 0 aromatic heterocycles. The maximum atomic E-state index is 13.2. The third-order valence-electron chi connectivity index (χ3n) is 8.10. The highest BCUT2D eigenvalue weighted by molar-refractivity contribution is 6.03. The summed E-state index contributed by atoms with van der Waals surface area (Å²) < 4.78 is 11.7. The quantitative estimate of drug-likeness (QED) is 0.523. The second-order valence-electron chi connectivity index (χ2n) is 10.6. The monoisotopic (exact) mass is 491 g/mol. The van der Waals surface area contributed by atoms with Gasteiger partial charge >= 0.3 is 0 Å². The molecular weight excluding hydrogens is 458 g/mol. The lowest BCUT2D eigenvalue weighted by Gasteiger charge is -2.38. The molecule has 3 N–H and O–H groups in total. The Hall–Kier alpha value is -2.94. The number of amides is 2. The fraction of sp³-hybridized carbons (Fsp3) is 0.500. The van der Waals surface area contributed by atoms with Crippen LogP contribution in [0.5, 0.6) is 5.75 Å². The van der Waals surface area contributed by atoms with E-state index in [2.05, 4.69) is 22.8 Å². The van der Waals surface area contributed by atoms with Gasteiger partial charge in [0, 0.05) is 31.2 Å². The first-order chi connectivity index (χ1) is 17.4. The number of aliphatic hydroxyl groups is 1. The van der Waals surface area contributed by atoms with Crippen LogP contribution in [-0.4, -0.2) is 65.9 Å². The van der Waals surface area contributed by atoms with Crippen LogP contribution in [0.4, 0.5) is 0 Å². The summed E-state index contributed by atoms with van der Waals surface area (Å²) >= 11 is 0. The Labute approximate surface area is 211 Å². The Morgan fingerprint density at radius 1 is 1.28 bits per heavy atom. The van der Waals surface area contributed by atoms with Crippen LogP contribution < -0.4 is 15.4 Å². The zero-order chi connectivity index (χ0) is 24.9. The van der Waals surface area contributed by atoms with E-state index in [1.54, 1.807) is 12.1 Å². The lowest BCUT2D eigenvalue weighted by molar-refractivity contribution is -0.0237. The first-order valence-electron chi connectivity index (χ1n) is 12.9. The van der Waals surface area contributed by atoms with E-state index in [1.165, 1.54) is 11.1 Å². The summed E-state index contributed by atoms with van der Waals surface area (Å²) in [6, 6.07) is 11.5. The molecule has 8 heteroatoms. The smallest absolute Gasteiger partial charge is 0.255 e. The summed E-state index contributed by atoms with van der Waals surface area (Å²) in [5.74, 6) is 0.674. The van der Waals surface area contributed by atoms with Crippen molar-refractivity contribution in [2.45, 2.75) is 57.0 Å². The number of fused-ring (bicyclic) bond motifs is 3. The van der Waals surface area contributed by atoms with Crippen molar-refractivity contribution >= 4 is 11.8 Å². The van der Waals surface area contributed by atoms with E-state index in [1.807, 2.05) is 24.0 Å². The molecule has 36 heavy (non-hydrogen) atoms. The fourth-order valence-electron chi connectivity index (χ4n) is 6.21. The van der Waals surface area contributed by atoms with E-state index < -0.39 is 6.10 Å². The Kier molecular flexibility index (Phi) is 5.98. The lowest BCUT2D eigenvalue weighted by atomic mass is 9.74. The van der Waals surface area contributed by atoms with Gasteiger partial charge in [-0.15, -0.1) is 0 Å². The highest BCUT2D eigenvalue weighted by Gasteiger charge is 2.53. The molecule has 5 aliphatic rings. The first kappa shape index (κ1) is 23.5. The number of aliphatic hydroxyl groups excluding tert-OH is 1. The summed E-state index contributed by atoms with van der Waals surface area (Å²) in [5, 5.41) is 17.0. The number of carbonyl (C=O) groups excluding carboxylic acids is 2. The molecule has 7 rings (SSSR count). The summed E-state index contributed by atoms with van der Waals surface area (Å²) in [4.78, 5) is 28.2. The van der Waals surface area contributed by atoms with Gasteiger partial charge in [0.05, 0.1) is 37.0 Å². The van der Waals surface area contributed by atoms with Gasteiger partial charge in [0.25, 0.3) is 11.8 Å². The molecule has 2 bridgehead atoms. The van der Waals surface area contributed by atoms with E-state index in [9.17, 15) is 14.7 Å². The second kappa shape index (κ2) is 9.18. The maximum absolute atomic E-state index is 13.2. The van der Waals surface area contributed by atoms with E-state index in [0.717, 1.165) is 25.0 Å². The SMILES string of the molecule is CCOc1cc2c(cc1C(=O)NC[C@@H](O)[C@@H]1Cc3ccccc3CN1)CN(CC13CC(CO1)C3)C2=O. The number of ether oxygens (including phenoxy) is 2. The molecule has 0 spiro atoms. The van der Waals surface area contributed by atoms with Crippen molar-refractivity contribution in [2.75, 3.05) is 26.3 Å². The van der Waals surface area contributed by atoms with Crippen molar-refractivity contribution in [1.29, 1.82) is 0 Å². The second-order valence-corrected chi connectivity index (χ2v) is 10.6. The topological polar surface area (TPSA) is 100 Å². The molecule has 1 saturated carbocycles. The minimum atomic E-state index is -0.735. The summed E-state index contributed by atoms with van der Waals surface area (Å²) in [6.45, 7) is 4.89. The van der Waals surface area contributed by atoms with Crippen molar-refractivity contribution in [3.05, 3.63) is 64.2 Å². The zero-order valence-corrected chi connectivity index (χ0v) is 20.6. The third kappa shape index (κ3) is 4.17. The molecule has 2 amide bonds. The minimum Gasteiger partial charge on any atom is -0.493 e. The molecule has 3 fully saturated rings. The van der Waals surface area contributed by atoms with Crippen LogP contribution in [0.1, 0.15) is 57.2 Å². The Balaban J connectivity index is 1.13. The van der Waals surface area contributed by atoms with E-state index in [-0.39, 0.29) is 30.0 Å². The summed E-state index contributed by atoms with van der Waals surface area (Å²) in [6.07, 6.45) is 2.02. The van der Waals surface area contributed by atoms with Crippen LogP contribution in [0.3, 0.4) is 0 Å². The van der Waals surface area contributed by atoms with Crippen LogP contribution in [-0.2, 0) is 24.2 Å². The van der Waals surface area contributed by atoms with Gasteiger partial charge in [-0.2, -0.15) is 0 Å². The molecule has 4 aliphatic heterocycles. The van der Waals surface area contributed by atoms with Crippen molar-refractivity contribution in [2.24, 2.45) is 5.92 Å². The highest BCUT2D eigenvalue weighted by Crippen LogP contribution is 2.49. The van der Waals surface area contributed by atoms with Gasteiger partial charge in [-0.1, -0.05) is 24.3 Å². The van der Waals surface area contributed by atoms with E-state index in [0.29, 0.717) is 55.5 Å². The predicted octanol–water partition coefficient (Wildman–Crippen LogP) is 2.03. The summed E-state index contributed by atoms with van der Waals surface area (Å²) in [5.41, 5.74) is 4.07. The van der Waals surface area contributed by atoms with Crippen LogP contribution >= 0.6 is 0 Å². The average Bonchev–Trinajstić information content (AvgIpc) is 3.55. The van der Waals surface area contributed by atoms with Crippen LogP contribution in [0, 0.1) is 5.92 Å². The molecule has 2 aromatic rings. The molecule has 2 aromatic carbocycles. The molecule has 0 unspecified atom stereocenters. The Morgan fingerprint density at radius 3 is 2.83 bits per heavy atom. The largest absolute Gasteiger partial charge is 0.493 e. The standard InChI is InChI=1S/C28H33N3O5/c1-2-35-25-9-21-20(14-31(27(21)34)16-28-10-17(11-28)15-36-28)7-22(25)26(33)30-13-24(32)23-8-18-5-3-4-6-19(18)12-29-23/h3-7,9,17,23-24,29,32H,2,8,10-16H2,1H3,(H,30,33)/t17?,23-,24+,28?/m0/s1. The number of rotatable bonds is 8. The number of hydrogen-bond donors (Lipinski definition) is 3.